The number of benzene rings is 1. The molecule has 1 saturated heterocycles. The second-order valence-electron chi connectivity index (χ2n) is 5.91. The molecule has 2 heterocycles. The van der Waals surface area contributed by atoms with Crippen LogP contribution in [0.25, 0.3) is 0 Å². The normalized spacial score (nSPS) is 15.2. The Morgan fingerprint density at radius 2 is 1.69 bits per heavy atom. The number of halogens is 4. The van der Waals surface area contributed by atoms with E-state index in [0.29, 0.717) is 32.6 Å². The highest BCUT2D eigenvalue weighted by Gasteiger charge is 2.32. The van der Waals surface area contributed by atoms with Crippen molar-refractivity contribution in [2.75, 3.05) is 31.1 Å². The first-order valence-electron chi connectivity index (χ1n) is 8.00. The quantitative estimate of drug-likeness (QED) is 0.753. The van der Waals surface area contributed by atoms with Crippen LogP contribution in [-0.4, -0.2) is 47.0 Å². The lowest BCUT2D eigenvalue weighted by atomic mass is 10.1. The van der Waals surface area contributed by atoms with Gasteiger partial charge in [0.05, 0.1) is 12.0 Å². The van der Waals surface area contributed by atoms with Crippen molar-refractivity contribution in [3.05, 3.63) is 52.3 Å². The molecule has 26 heavy (non-hydrogen) atoms. The molecule has 0 saturated carbocycles. The highest BCUT2D eigenvalue weighted by atomic mass is 79.9. The van der Waals surface area contributed by atoms with Crippen LogP contribution < -0.4 is 4.90 Å². The molecule has 3 rings (SSSR count). The maximum atomic E-state index is 12.6. The summed E-state index contributed by atoms with van der Waals surface area (Å²) in [6.07, 6.45) is -2.58. The summed E-state index contributed by atoms with van der Waals surface area (Å²) in [6.45, 7) is 1.92. The number of rotatable bonds is 3. The molecule has 0 bridgehead atoms. The number of carbonyl (C=O) groups excluding carboxylic acids is 1. The topological polar surface area (TPSA) is 49.3 Å². The molecule has 0 aliphatic carbocycles. The minimum Gasteiger partial charge on any atom is -0.339 e. The van der Waals surface area contributed by atoms with E-state index in [0.717, 1.165) is 22.4 Å². The van der Waals surface area contributed by atoms with Gasteiger partial charge < -0.3 is 9.80 Å². The summed E-state index contributed by atoms with van der Waals surface area (Å²) in [6, 6.07) is 7.56. The zero-order valence-electron chi connectivity index (χ0n) is 13.7. The number of hydrogen-bond donors (Lipinski definition) is 0. The monoisotopic (exact) mass is 428 g/mol. The van der Waals surface area contributed by atoms with Gasteiger partial charge in [0.2, 0.25) is 11.9 Å². The van der Waals surface area contributed by atoms with Crippen LogP contribution in [0.1, 0.15) is 11.1 Å². The number of aromatic nitrogens is 2. The maximum Gasteiger partial charge on any atom is 0.419 e. The molecule has 9 heteroatoms. The standard InChI is InChI=1S/C17H16BrF3N4O/c18-14-4-2-1-3-12(14)9-15(26)24-5-7-25(8-6-24)16-22-10-13(11-23-16)17(19,20)21/h1-4,10-11H,5-9H2. The predicted octanol–water partition coefficient (Wildman–Crippen LogP) is 3.15. The van der Waals surface area contributed by atoms with Crippen molar-refractivity contribution >= 4 is 27.8 Å². The Morgan fingerprint density at radius 3 is 2.27 bits per heavy atom. The van der Waals surface area contributed by atoms with E-state index in [1.54, 1.807) is 9.80 Å². The molecule has 0 atom stereocenters. The van der Waals surface area contributed by atoms with Crippen LogP contribution in [0.4, 0.5) is 19.1 Å². The Hall–Kier alpha value is -2.16. The van der Waals surface area contributed by atoms with Crippen LogP contribution in [0.3, 0.4) is 0 Å². The summed E-state index contributed by atoms with van der Waals surface area (Å²) in [5.74, 6) is 0.265. The number of hydrogen-bond acceptors (Lipinski definition) is 4. The maximum absolute atomic E-state index is 12.6. The van der Waals surface area contributed by atoms with Crippen molar-refractivity contribution in [2.24, 2.45) is 0 Å². The van der Waals surface area contributed by atoms with Crippen molar-refractivity contribution < 1.29 is 18.0 Å². The summed E-state index contributed by atoms with van der Waals surface area (Å²) in [5, 5.41) is 0. The predicted molar refractivity (Wildman–Crippen MR) is 93.7 cm³/mol. The van der Waals surface area contributed by atoms with Gasteiger partial charge in [0.25, 0.3) is 0 Å². The van der Waals surface area contributed by atoms with Crippen molar-refractivity contribution in [2.45, 2.75) is 12.6 Å². The fourth-order valence-corrected chi connectivity index (χ4v) is 3.13. The molecule has 0 unspecified atom stereocenters. The zero-order chi connectivity index (χ0) is 18.7. The number of alkyl halides is 3. The molecule has 1 aliphatic rings. The first-order valence-corrected chi connectivity index (χ1v) is 8.79. The lowest BCUT2D eigenvalue weighted by Crippen LogP contribution is -2.49. The van der Waals surface area contributed by atoms with Gasteiger partial charge in [-0.15, -0.1) is 0 Å². The zero-order valence-corrected chi connectivity index (χ0v) is 15.3. The average molecular weight is 429 g/mol. The largest absolute Gasteiger partial charge is 0.419 e. The van der Waals surface area contributed by atoms with Crippen LogP contribution in [0, 0.1) is 0 Å². The highest BCUT2D eigenvalue weighted by Crippen LogP contribution is 2.28. The third-order valence-electron chi connectivity index (χ3n) is 4.18. The molecule has 5 nitrogen and oxygen atoms in total. The van der Waals surface area contributed by atoms with Crippen LogP contribution in [0.2, 0.25) is 0 Å². The summed E-state index contributed by atoms with van der Waals surface area (Å²) in [5.41, 5.74) is 0.0505. The molecule has 1 amide bonds. The minimum atomic E-state index is -4.45. The van der Waals surface area contributed by atoms with Crippen LogP contribution in [-0.2, 0) is 17.4 Å². The lowest BCUT2D eigenvalue weighted by molar-refractivity contribution is -0.138. The molecular weight excluding hydrogens is 413 g/mol. The molecule has 1 aromatic heterocycles. The van der Waals surface area contributed by atoms with E-state index < -0.39 is 11.7 Å². The van der Waals surface area contributed by atoms with Crippen LogP contribution in [0.15, 0.2) is 41.1 Å². The second-order valence-corrected chi connectivity index (χ2v) is 6.76. The van der Waals surface area contributed by atoms with Gasteiger partial charge in [0.1, 0.15) is 0 Å². The van der Waals surface area contributed by atoms with Gasteiger partial charge in [-0.25, -0.2) is 9.97 Å². The Bertz CT molecular complexity index is 774. The molecule has 2 aromatic rings. The SMILES string of the molecule is O=C(Cc1ccccc1Br)N1CCN(c2ncc(C(F)(F)F)cn2)CC1. The Labute approximate surface area is 157 Å². The first kappa shape index (κ1) is 18.6. The van der Waals surface area contributed by atoms with Gasteiger partial charge in [-0.1, -0.05) is 34.1 Å². The fourth-order valence-electron chi connectivity index (χ4n) is 2.70. The van der Waals surface area contributed by atoms with Gasteiger partial charge in [0.15, 0.2) is 0 Å². The third kappa shape index (κ3) is 4.32. The summed E-state index contributed by atoms with van der Waals surface area (Å²) >= 11 is 3.43. The Morgan fingerprint density at radius 1 is 1.08 bits per heavy atom. The number of nitrogens with zero attached hydrogens (tertiary/aromatic N) is 4. The van der Waals surface area contributed by atoms with Crippen LogP contribution in [0.5, 0.6) is 0 Å². The fraction of sp³-hybridized carbons (Fsp3) is 0.353. The molecule has 0 radical (unpaired) electrons. The number of piperazine rings is 1. The van der Waals surface area contributed by atoms with E-state index >= 15 is 0 Å². The summed E-state index contributed by atoms with van der Waals surface area (Å²) in [4.78, 5) is 23.6. The van der Waals surface area contributed by atoms with Crippen LogP contribution >= 0.6 is 15.9 Å². The molecule has 138 valence electrons. The van der Waals surface area contributed by atoms with E-state index in [9.17, 15) is 18.0 Å². The number of carbonyl (C=O) groups is 1. The Kier molecular flexibility index (Phi) is 5.45. The smallest absolute Gasteiger partial charge is 0.339 e. The first-order chi connectivity index (χ1) is 12.3. The second kappa shape index (κ2) is 7.61. The molecule has 1 aromatic carbocycles. The Balaban J connectivity index is 1.57. The van der Waals surface area contributed by atoms with Crippen molar-refractivity contribution in [3.8, 4) is 0 Å². The van der Waals surface area contributed by atoms with Gasteiger partial charge in [-0.3, -0.25) is 4.79 Å². The van der Waals surface area contributed by atoms with E-state index in [1.807, 2.05) is 24.3 Å². The minimum absolute atomic E-state index is 0.0184. The van der Waals surface area contributed by atoms with E-state index in [2.05, 4.69) is 25.9 Å². The molecule has 0 spiro atoms. The third-order valence-corrected chi connectivity index (χ3v) is 4.95. The van der Waals surface area contributed by atoms with Crippen molar-refractivity contribution in [1.29, 1.82) is 0 Å². The van der Waals surface area contributed by atoms with E-state index in [-0.39, 0.29) is 11.9 Å². The van der Waals surface area contributed by atoms with Crippen molar-refractivity contribution in [3.63, 3.8) is 0 Å². The number of anilines is 1. The van der Waals surface area contributed by atoms with Gasteiger partial charge in [-0.05, 0) is 11.6 Å². The van der Waals surface area contributed by atoms with Crippen molar-refractivity contribution in [1.82, 2.24) is 14.9 Å². The highest BCUT2D eigenvalue weighted by molar-refractivity contribution is 9.10. The van der Waals surface area contributed by atoms with E-state index in [1.165, 1.54) is 0 Å². The summed E-state index contributed by atoms with van der Waals surface area (Å²) < 4.78 is 38.6. The molecule has 1 aliphatic heterocycles. The lowest BCUT2D eigenvalue weighted by Gasteiger charge is -2.34. The average Bonchev–Trinajstić information content (AvgIpc) is 2.63. The van der Waals surface area contributed by atoms with Gasteiger partial charge in [-0.2, -0.15) is 13.2 Å². The molecule has 1 fully saturated rings. The van der Waals surface area contributed by atoms with E-state index in [4.69, 9.17) is 0 Å². The van der Waals surface area contributed by atoms with Gasteiger partial charge >= 0.3 is 6.18 Å². The summed E-state index contributed by atoms with van der Waals surface area (Å²) in [7, 11) is 0. The molecular formula is C17H16BrF3N4O. The number of amides is 1. The van der Waals surface area contributed by atoms with Gasteiger partial charge in [0, 0.05) is 43.0 Å². The molecule has 0 N–H and O–H groups in total.